The molecule has 2 rings (SSSR count). The van der Waals surface area contributed by atoms with Crippen LogP contribution in [0.1, 0.15) is 24.4 Å². The first kappa shape index (κ1) is 13.0. The van der Waals surface area contributed by atoms with E-state index in [4.69, 9.17) is 5.11 Å². The second kappa shape index (κ2) is 5.44. The predicted molar refractivity (Wildman–Crippen MR) is 70.5 cm³/mol. The quantitative estimate of drug-likeness (QED) is 0.815. The zero-order valence-corrected chi connectivity index (χ0v) is 10.7. The first-order valence-corrected chi connectivity index (χ1v) is 6.34. The van der Waals surface area contributed by atoms with Gasteiger partial charge in [0.2, 0.25) is 5.91 Å². The summed E-state index contributed by atoms with van der Waals surface area (Å²) < 4.78 is 0. The highest BCUT2D eigenvalue weighted by Gasteiger charge is 2.34. The molecule has 1 aliphatic heterocycles. The summed E-state index contributed by atoms with van der Waals surface area (Å²) in [4.78, 5) is 24.5. The van der Waals surface area contributed by atoms with Crippen LogP contribution in [0, 0.1) is 0 Å². The van der Waals surface area contributed by atoms with E-state index in [1.165, 1.54) is 0 Å². The lowest BCUT2D eigenvalue weighted by molar-refractivity contribution is -0.139. The number of thiol groups is 1. The normalized spacial score (nSPS) is 21.1. The molecule has 0 aliphatic carbocycles. The van der Waals surface area contributed by atoms with Gasteiger partial charge in [-0.2, -0.15) is 12.6 Å². The van der Waals surface area contributed by atoms with Crippen molar-refractivity contribution in [1.29, 1.82) is 0 Å². The second-order valence-electron chi connectivity index (χ2n) is 4.43. The van der Waals surface area contributed by atoms with E-state index in [-0.39, 0.29) is 17.6 Å². The van der Waals surface area contributed by atoms with E-state index in [0.717, 1.165) is 5.56 Å². The van der Waals surface area contributed by atoms with Gasteiger partial charge in [0, 0.05) is 18.2 Å². The van der Waals surface area contributed by atoms with Gasteiger partial charge < -0.3 is 10.0 Å². The molecule has 1 aromatic rings. The third kappa shape index (κ3) is 2.85. The SMILES string of the molecule is O=C(O)CC(c1ccccc1)N1CC(S)CC1=O. The largest absolute Gasteiger partial charge is 0.481 e. The minimum Gasteiger partial charge on any atom is -0.481 e. The molecule has 1 N–H and O–H groups in total. The fourth-order valence-electron chi connectivity index (χ4n) is 2.26. The summed E-state index contributed by atoms with van der Waals surface area (Å²) in [6, 6.07) is 8.88. The number of carboxylic acids is 1. The monoisotopic (exact) mass is 265 g/mol. The third-order valence-corrected chi connectivity index (χ3v) is 3.41. The lowest BCUT2D eigenvalue weighted by Gasteiger charge is -2.27. The molecule has 18 heavy (non-hydrogen) atoms. The van der Waals surface area contributed by atoms with Crippen molar-refractivity contribution >= 4 is 24.5 Å². The molecule has 0 spiro atoms. The summed E-state index contributed by atoms with van der Waals surface area (Å²) in [5.74, 6) is -0.927. The van der Waals surface area contributed by atoms with Crippen LogP contribution >= 0.6 is 12.6 Å². The predicted octanol–water partition coefficient (Wildman–Crippen LogP) is 1.73. The van der Waals surface area contributed by atoms with Gasteiger partial charge in [-0.25, -0.2) is 0 Å². The summed E-state index contributed by atoms with van der Waals surface area (Å²) in [5.41, 5.74) is 0.857. The summed E-state index contributed by atoms with van der Waals surface area (Å²) in [6.45, 7) is 0.509. The van der Waals surface area contributed by atoms with Crippen LogP contribution in [0.5, 0.6) is 0 Å². The van der Waals surface area contributed by atoms with Crippen molar-refractivity contribution in [2.45, 2.75) is 24.1 Å². The Bertz CT molecular complexity index is 449. The standard InChI is InChI=1S/C13H15NO3S/c15-12-6-10(18)8-14(12)11(7-13(16)17)9-4-2-1-3-5-9/h1-5,10-11,18H,6-8H2,(H,16,17). The molecule has 1 aliphatic rings. The number of carbonyl (C=O) groups excluding carboxylic acids is 1. The molecule has 1 heterocycles. The van der Waals surface area contributed by atoms with Crippen LogP contribution in [0.15, 0.2) is 30.3 Å². The third-order valence-electron chi connectivity index (χ3n) is 3.07. The molecule has 1 saturated heterocycles. The Morgan fingerprint density at radius 3 is 2.61 bits per heavy atom. The van der Waals surface area contributed by atoms with Crippen LogP contribution in [0.25, 0.3) is 0 Å². The minimum absolute atomic E-state index is 0.00231. The molecular weight excluding hydrogens is 250 g/mol. The summed E-state index contributed by atoms with van der Waals surface area (Å²) in [5, 5.41) is 9.00. The Hall–Kier alpha value is -1.49. The van der Waals surface area contributed by atoms with Gasteiger partial charge in [0.05, 0.1) is 12.5 Å². The highest BCUT2D eigenvalue weighted by molar-refractivity contribution is 7.81. The second-order valence-corrected chi connectivity index (χ2v) is 5.16. The molecule has 1 aromatic carbocycles. The Labute approximate surface area is 111 Å². The van der Waals surface area contributed by atoms with Crippen LogP contribution < -0.4 is 0 Å². The number of benzene rings is 1. The lowest BCUT2D eigenvalue weighted by atomic mass is 10.0. The van der Waals surface area contributed by atoms with Gasteiger partial charge >= 0.3 is 5.97 Å². The molecular formula is C13H15NO3S. The zero-order chi connectivity index (χ0) is 13.1. The van der Waals surface area contributed by atoms with Crippen molar-refractivity contribution in [2.24, 2.45) is 0 Å². The van der Waals surface area contributed by atoms with Crippen molar-refractivity contribution in [1.82, 2.24) is 4.90 Å². The molecule has 0 bridgehead atoms. The molecule has 5 heteroatoms. The number of carboxylic acid groups (broad SMARTS) is 1. The van der Waals surface area contributed by atoms with Crippen molar-refractivity contribution in [2.75, 3.05) is 6.54 Å². The smallest absolute Gasteiger partial charge is 0.305 e. The maximum absolute atomic E-state index is 11.9. The highest BCUT2D eigenvalue weighted by Crippen LogP contribution is 2.30. The lowest BCUT2D eigenvalue weighted by Crippen LogP contribution is -2.32. The van der Waals surface area contributed by atoms with Crippen LogP contribution in [-0.2, 0) is 9.59 Å². The number of aliphatic carboxylic acids is 1. The zero-order valence-electron chi connectivity index (χ0n) is 9.82. The number of hydrogen-bond donors (Lipinski definition) is 2. The van der Waals surface area contributed by atoms with E-state index >= 15 is 0 Å². The molecule has 96 valence electrons. The first-order chi connectivity index (χ1) is 8.58. The van der Waals surface area contributed by atoms with Crippen molar-refractivity contribution in [3.63, 3.8) is 0 Å². The Morgan fingerprint density at radius 2 is 2.11 bits per heavy atom. The fourth-order valence-corrected chi connectivity index (χ4v) is 2.59. The number of likely N-dealkylation sites (tertiary alicyclic amines) is 1. The van der Waals surface area contributed by atoms with Gasteiger partial charge in [-0.1, -0.05) is 30.3 Å². The van der Waals surface area contributed by atoms with Gasteiger partial charge in [-0.15, -0.1) is 0 Å². The van der Waals surface area contributed by atoms with E-state index in [0.29, 0.717) is 13.0 Å². The Morgan fingerprint density at radius 1 is 1.44 bits per heavy atom. The molecule has 4 nitrogen and oxygen atoms in total. The van der Waals surface area contributed by atoms with E-state index in [1.54, 1.807) is 4.90 Å². The number of hydrogen-bond acceptors (Lipinski definition) is 3. The number of nitrogens with zero attached hydrogens (tertiary/aromatic N) is 1. The van der Waals surface area contributed by atoms with Crippen LogP contribution in [0.4, 0.5) is 0 Å². The molecule has 0 saturated carbocycles. The number of amides is 1. The average Bonchev–Trinajstić information content (AvgIpc) is 2.66. The van der Waals surface area contributed by atoms with E-state index in [9.17, 15) is 9.59 Å². The number of carbonyl (C=O) groups is 2. The van der Waals surface area contributed by atoms with Crippen LogP contribution in [0.3, 0.4) is 0 Å². The summed E-state index contributed by atoms with van der Waals surface area (Å²) in [6.07, 6.45) is 0.308. The molecule has 1 amide bonds. The maximum Gasteiger partial charge on any atom is 0.305 e. The van der Waals surface area contributed by atoms with Crippen LogP contribution in [-0.4, -0.2) is 33.7 Å². The average molecular weight is 265 g/mol. The Kier molecular flexibility index (Phi) is 3.91. The summed E-state index contributed by atoms with van der Waals surface area (Å²) >= 11 is 4.30. The summed E-state index contributed by atoms with van der Waals surface area (Å²) in [7, 11) is 0. The van der Waals surface area contributed by atoms with E-state index < -0.39 is 12.0 Å². The van der Waals surface area contributed by atoms with Gasteiger partial charge in [0.25, 0.3) is 0 Å². The van der Waals surface area contributed by atoms with Gasteiger partial charge in [0.15, 0.2) is 0 Å². The fraction of sp³-hybridized carbons (Fsp3) is 0.385. The van der Waals surface area contributed by atoms with Gasteiger partial charge in [-0.3, -0.25) is 9.59 Å². The molecule has 1 fully saturated rings. The minimum atomic E-state index is -0.903. The highest BCUT2D eigenvalue weighted by atomic mass is 32.1. The van der Waals surface area contributed by atoms with E-state index in [2.05, 4.69) is 12.6 Å². The van der Waals surface area contributed by atoms with E-state index in [1.807, 2.05) is 30.3 Å². The maximum atomic E-state index is 11.9. The molecule has 0 aromatic heterocycles. The topological polar surface area (TPSA) is 57.6 Å². The van der Waals surface area contributed by atoms with Crippen molar-refractivity contribution in [3.8, 4) is 0 Å². The molecule has 2 unspecified atom stereocenters. The molecule has 0 radical (unpaired) electrons. The van der Waals surface area contributed by atoms with Crippen LogP contribution in [0.2, 0.25) is 0 Å². The number of rotatable bonds is 4. The van der Waals surface area contributed by atoms with Crippen molar-refractivity contribution in [3.05, 3.63) is 35.9 Å². The first-order valence-electron chi connectivity index (χ1n) is 5.82. The van der Waals surface area contributed by atoms with Crippen molar-refractivity contribution < 1.29 is 14.7 Å². The molecule has 2 atom stereocenters. The van der Waals surface area contributed by atoms with Gasteiger partial charge in [-0.05, 0) is 5.56 Å². The Balaban J connectivity index is 2.26. The van der Waals surface area contributed by atoms with Gasteiger partial charge in [0.1, 0.15) is 0 Å².